The molecule has 0 amide bonds. The van der Waals surface area contributed by atoms with Crippen LogP contribution < -0.4 is 5.32 Å². The van der Waals surface area contributed by atoms with Crippen LogP contribution in [0.1, 0.15) is 34.1 Å². The molecule has 0 radical (unpaired) electrons. The van der Waals surface area contributed by atoms with Gasteiger partial charge in [0.25, 0.3) is 0 Å². The molecular formula is C12H23NO3. The Bertz CT molecular complexity index is 265. The third kappa shape index (κ3) is 2.38. The molecule has 4 atom stereocenters. The van der Waals surface area contributed by atoms with Gasteiger partial charge in [-0.1, -0.05) is 20.8 Å². The highest BCUT2D eigenvalue weighted by molar-refractivity contribution is 5.70. The number of nitrogens with one attached hydrogen (secondary N) is 1. The van der Waals surface area contributed by atoms with E-state index >= 15 is 0 Å². The number of carboxylic acid groups (broad SMARTS) is 1. The molecule has 1 aliphatic rings. The van der Waals surface area contributed by atoms with Gasteiger partial charge in [0.15, 0.2) is 0 Å². The van der Waals surface area contributed by atoms with Crippen LogP contribution in [-0.4, -0.2) is 36.4 Å². The van der Waals surface area contributed by atoms with Crippen molar-refractivity contribution >= 4 is 5.97 Å². The van der Waals surface area contributed by atoms with E-state index in [1.165, 1.54) is 0 Å². The topological polar surface area (TPSA) is 58.6 Å². The van der Waals surface area contributed by atoms with Crippen LogP contribution in [0.3, 0.4) is 0 Å². The van der Waals surface area contributed by atoms with Gasteiger partial charge in [0.1, 0.15) is 0 Å². The van der Waals surface area contributed by atoms with Crippen molar-refractivity contribution in [2.24, 2.45) is 11.3 Å². The maximum Gasteiger partial charge on any atom is 0.307 e. The minimum absolute atomic E-state index is 0.0143. The standard InChI is InChI=1S/C12H23NO3/c1-7(11(14)15)8(2)13-9-6-10(16-5)12(9,3)4/h7-10,13H,6H2,1-5H3,(H,14,15). The molecule has 0 bridgehead atoms. The molecule has 4 heteroatoms. The number of aliphatic carboxylic acids is 1. The van der Waals surface area contributed by atoms with Crippen molar-refractivity contribution in [2.45, 2.75) is 52.3 Å². The number of hydrogen-bond acceptors (Lipinski definition) is 3. The Morgan fingerprint density at radius 3 is 2.44 bits per heavy atom. The van der Waals surface area contributed by atoms with Crippen LogP contribution in [0.4, 0.5) is 0 Å². The van der Waals surface area contributed by atoms with Gasteiger partial charge in [0.05, 0.1) is 12.0 Å². The molecule has 0 spiro atoms. The monoisotopic (exact) mass is 229 g/mol. The molecule has 0 aromatic rings. The van der Waals surface area contributed by atoms with Crippen molar-refractivity contribution in [3.63, 3.8) is 0 Å². The maximum atomic E-state index is 10.8. The summed E-state index contributed by atoms with van der Waals surface area (Å²) in [6, 6.07) is 0.328. The lowest BCUT2D eigenvalue weighted by Gasteiger charge is -2.52. The first-order chi connectivity index (χ1) is 7.30. The van der Waals surface area contributed by atoms with E-state index in [4.69, 9.17) is 9.84 Å². The fourth-order valence-electron chi connectivity index (χ4n) is 2.24. The summed E-state index contributed by atoms with van der Waals surface area (Å²) >= 11 is 0. The molecule has 1 fully saturated rings. The largest absolute Gasteiger partial charge is 0.481 e. The summed E-state index contributed by atoms with van der Waals surface area (Å²) in [6.07, 6.45) is 1.23. The number of rotatable bonds is 5. The van der Waals surface area contributed by atoms with Gasteiger partial charge in [-0.25, -0.2) is 0 Å². The molecule has 2 N–H and O–H groups in total. The molecule has 1 aliphatic carbocycles. The summed E-state index contributed by atoms with van der Waals surface area (Å²) in [4.78, 5) is 10.8. The quantitative estimate of drug-likeness (QED) is 0.750. The van der Waals surface area contributed by atoms with Crippen molar-refractivity contribution < 1.29 is 14.6 Å². The molecule has 0 saturated heterocycles. The summed E-state index contributed by atoms with van der Waals surface area (Å²) in [5.74, 6) is -1.11. The van der Waals surface area contributed by atoms with E-state index < -0.39 is 5.97 Å². The van der Waals surface area contributed by atoms with Crippen LogP contribution in [0.25, 0.3) is 0 Å². The number of carbonyl (C=O) groups is 1. The zero-order valence-electron chi connectivity index (χ0n) is 10.8. The van der Waals surface area contributed by atoms with E-state index in [9.17, 15) is 4.79 Å². The average Bonchev–Trinajstić information content (AvgIpc) is 2.21. The van der Waals surface area contributed by atoms with E-state index in [2.05, 4.69) is 19.2 Å². The lowest BCUT2D eigenvalue weighted by molar-refractivity contribution is -0.143. The molecule has 0 aromatic carbocycles. The summed E-state index contributed by atoms with van der Waals surface area (Å²) in [5, 5.41) is 12.3. The molecule has 1 saturated carbocycles. The fourth-order valence-corrected chi connectivity index (χ4v) is 2.24. The first-order valence-corrected chi connectivity index (χ1v) is 5.82. The molecule has 0 aromatic heterocycles. The van der Waals surface area contributed by atoms with Crippen molar-refractivity contribution in [3.05, 3.63) is 0 Å². The highest BCUT2D eigenvalue weighted by atomic mass is 16.5. The first-order valence-electron chi connectivity index (χ1n) is 5.82. The number of hydrogen-bond donors (Lipinski definition) is 2. The third-order valence-corrected chi connectivity index (χ3v) is 4.07. The average molecular weight is 229 g/mol. The minimum Gasteiger partial charge on any atom is -0.481 e. The fraction of sp³-hybridized carbons (Fsp3) is 0.917. The van der Waals surface area contributed by atoms with E-state index in [0.29, 0.717) is 6.04 Å². The summed E-state index contributed by atoms with van der Waals surface area (Å²) in [7, 11) is 1.73. The normalized spacial score (nSPS) is 31.6. The summed E-state index contributed by atoms with van der Waals surface area (Å²) in [5.41, 5.74) is 0.0846. The van der Waals surface area contributed by atoms with Gasteiger partial charge in [-0.3, -0.25) is 4.79 Å². The molecule has 0 heterocycles. The van der Waals surface area contributed by atoms with Crippen molar-refractivity contribution in [1.82, 2.24) is 5.32 Å². The second-order valence-electron chi connectivity index (χ2n) is 5.42. The molecule has 4 nitrogen and oxygen atoms in total. The molecule has 4 unspecified atom stereocenters. The van der Waals surface area contributed by atoms with Crippen molar-refractivity contribution in [1.29, 1.82) is 0 Å². The zero-order chi connectivity index (χ0) is 12.5. The van der Waals surface area contributed by atoms with Gasteiger partial charge in [-0.2, -0.15) is 0 Å². The lowest BCUT2D eigenvalue weighted by Crippen LogP contribution is -2.63. The second kappa shape index (κ2) is 4.72. The number of carboxylic acids is 1. The molecule has 94 valence electrons. The third-order valence-electron chi connectivity index (χ3n) is 4.07. The molecule has 1 rings (SSSR count). The zero-order valence-corrected chi connectivity index (χ0v) is 10.8. The minimum atomic E-state index is -0.750. The van der Waals surface area contributed by atoms with E-state index in [0.717, 1.165) is 6.42 Å². The van der Waals surface area contributed by atoms with Gasteiger partial charge in [0.2, 0.25) is 0 Å². The molecule has 16 heavy (non-hydrogen) atoms. The van der Waals surface area contributed by atoms with Crippen LogP contribution in [0.15, 0.2) is 0 Å². The maximum absolute atomic E-state index is 10.8. The van der Waals surface area contributed by atoms with E-state index in [1.54, 1.807) is 14.0 Å². The SMILES string of the molecule is COC1CC(NC(C)C(C)C(=O)O)C1(C)C. The highest BCUT2D eigenvalue weighted by Gasteiger charge is 2.49. The highest BCUT2D eigenvalue weighted by Crippen LogP contribution is 2.42. The second-order valence-corrected chi connectivity index (χ2v) is 5.42. The van der Waals surface area contributed by atoms with Gasteiger partial charge in [0, 0.05) is 24.6 Å². The molecular weight excluding hydrogens is 206 g/mol. The van der Waals surface area contributed by atoms with Gasteiger partial charge in [-0.15, -0.1) is 0 Å². The van der Waals surface area contributed by atoms with Crippen LogP contribution in [0.2, 0.25) is 0 Å². The number of ether oxygens (including phenoxy) is 1. The molecule has 0 aliphatic heterocycles. The van der Waals surface area contributed by atoms with Gasteiger partial charge >= 0.3 is 5.97 Å². The number of methoxy groups -OCH3 is 1. The van der Waals surface area contributed by atoms with E-state index in [1.807, 2.05) is 6.92 Å². The predicted octanol–water partition coefficient (Wildman–Crippen LogP) is 1.50. The Balaban J connectivity index is 2.48. The van der Waals surface area contributed by atoms with Crippen LogP contribution >= 0.6 is 0 Å². The lowest BCUT2D eigenvalue weighted by atomic mass is 9.64. The van der Waals surface area contributed by atoms with Crippen LogP contribution in [0.5, 0.6) is 0 Å². The predicted molar refractivity (Wildman–Crippen MR) is 62.4 cm³/mol. The smallest absolute Gasteiger partial charge is 0.307 e. The Labute approximate surface area is 97.4 Å². The van der Waals surface area contributed by atoms with Crippen LogP contribution in [-0.2, 0) is 9.53 Å². The Kier molecular flexibility index (Phi) is 3.97. The van der Waals surface area contributed by atoms with Crippen molar-refractivity contribution in [3.8, 4) is 0 Å². The summed E-state index contributed by atoms with van der Waals surface area (Å²) in [6.45, 7) is 7.97. The van der Waals surface area contributed by atoms with Gasteiger partial charge < -0.3 is 15.2 Å². The first kappa shape index (κ1) is 13.5. The van der Waals surface area contributed by atoms with Crippen LogP contribution in [0, 0.1) is 11.3 Å². The Hall–Kier alpha value is -0.610. The Morgan fingerprint density at radius 2 is 2.06 bits per heavy atom. The summed E-state index contributed by atoms with van der Waals surface area (Å²) < 4.78 is 5.36. The van der Waals surface area contributed by atoms with E-state index in [-0.39, 0.29) is 23.5 Å². The van der Waals surface area contributed by atoms with Gasteiger partial charge in [-0.05, 0) is 13.3 Å². The van der Waals surface area contributed by atoms with Crippen molar-refractivity contribution in [2.75, 3.05) is 7.11 Å². The Morgan fingerprint density at radius 1 is 1.50 bits per heavy atom.